The van der Waals surface area contributed by atoms with Crippen LogP contribution in [0.2, 0.25) is 0 Å². The van der Waals surface area contributed by atoms with Crippen LogP contribution in [0.25, 0.3) is 6.08 Å². The molecule has 0 aliphatic carbocycles. The number of likely N-dealkylation sites (tertiary alicyclic amines) is 1. The lowest BCUT2D eigenvalue weighted by molar-refractivity contribution is -0.127. The molecular formula is C18H21NO3. The van der Waals surface area contributed by atoms with Gasteiger partial charge in [-0.05, 0) is 36.5 Å². The second kappa shape index (κ2) is 6.69. The molecule has 22 heavy (non-hydrogen) atoms. The van der Waals surface area contributed by atoms with Crippen LogP contribution in [0.1, 0.15) is 25.3 Å². The van der Waals surface area contributed by atoms with Gasteiger partial charge in [0.05, 0.1) is 0 Å². The minimum absolute atomic E-state index is 0.0993. The smallest absolute Gasteiger partial charge is 0.246 e. The highest BCUT2D eigenvalue weighted by molar-refractivity contribution is 5.88. The van der Waals surface area contributed by atoms with E-state index < -0.39 is 0 Å². The third-order valence-corrected chi connectivity index (χ3v) is 4.13. The molecule has 0 spiro atoms. The standard InChI is InChI=1S/C18H21NO3/c1-14-8-10-19(11-9-14)18(20)5-3-2-4-15-6-7-16-17(12-15)22-13-21-16/h2-7,12,14H,8-11,13H2,1H3/b4-2+,5-3+. The molecule has 1 aromatic carbocycles. The molecule has 1 amide bonds. The maximum Gasteiger partial charge on any atom is 0.246 e. The van der Waals surface area contributed by atoms with Crippen molar-refractivity contribution in [1.29, 1.82) is 0 Å². The Hall–Kier alpha value is -2.23. The summed E-state index contributed by atoms with van der Waals surface area (Å²) >= 11 is 0. The van der Waals surface area contributed by atoms with Crippen LogP contribution in [-0.2, 0) is 4.79 Å². The Bertz CT molecular complexity index is 598. The van der Waals surface area contributed by atoms with E-state index >= 15 is 0 Å². The number of nitrogens with zero attached hydrogens (tertiary/aromatic N) is 1. The highest BCUT2D eigenvalue weighted by atomic mass is 16.7. The maximum atomic E-state index is 12.0. The normalized spacial score (nSPS) is 18.5. The minimum Gasteiger partial charge on any atom is -0.454 e. The average molecular weight is 299 g/mol. The van der Waals surface area contributed by atoms with Gasteiger partial charge in [0.25, 0.3) is 0 Å². The van der Waals surface area contributed by atoms with Gasteiger partial charge in [0.15, 0.2) is 11.5 Å². The first-order chi connectivity index (χ1) is 10.7. The summed E-state index contributed by atoms with van der Waals surface area (Å²) in [5, 5.41) is 0. The van der Waals surface area contributed by atoms with Gasteiger partial charge in [0.1, 0.15) is 0 Å². The largest absolute Gasteiger partial charge is 0.454 e. The molecule has 116 valence electrons. The second-order valence-corrected chi connectivity index (χ2v) is 5.84. The Morgan fingerprint density at radius 3 is 2.77 bits per heavy atom. The van der Waals surface area contributed by atoms with Crippen LogP contribution in [0.4, 0.5) is 0 Å². The molecule has 4 nitrogen and oxygen atoms in total. The van der Waals surface area contributed by atoms with Crippen LogP contribution < -0.4 is 9.47 Å². The molecule has 2 aliphatic rings. The molecule has 0 N–H and O–H groups in total. The summed E-state index contributed by atoms with van der Waals surface area (Å²) in [6, 6.07) is 5.79. The molecule has 4 heteroatoms. The third kappa shape index (κ3) is 3.50. The summed E-state index contributed by atoms with van der Waals surface area (Å²) < 4.78 is 10.6. The van der Waals surface area contributed by atoms with Crippen LogP contribution >= 0.6 is 0 Å². The number of carbonyl (C=O) groups excluding carboxylic acids is 1. The fourth-order valence-corrected chi connectivity index (χ4v) is 2.66. The van der Waals surface area contributed by atoms with E-state index in [1.54, 1.807) is 12.2 Å². The van der Waals surface area contributed by atoms with Gasteiger partial charge < -0.3 is 14.4 Å². The van der Waals surface area contributed by atoms with Crippen molar-refractivity contribution >= 4 is 12.0 Å². The molecular weight excluding hydrogens is 278 g/mol. The Morgan fingerprint density at radius 2 is 1.95 bits per heavy atom. The third-order valence-electron chi connectivity index (χ3n) is 4.13. The lowest BCUT2D eigenvalue weighted by Crippen LogP contribution is -2.36. The van der Waals surface area contributed by atoms with Crippen molar-refractivity contribution in [1.82, 2.24) is 4.90 Å². The topological polar surface area (TPSA) is 38.8 Å². The predicted molar refractivity (Wildman–Crippen MR) is 85.7 cm³/mol. The Labute approximate surface area is 131 Å². The van der Waals surface area contributed by atoms with E-state index in [1.165, 1.54) is 0 Å². The summed E-state index contributed by atoms with van der Waals surface area (Å²) in [5.74, 6) is 2.38. The van der Waals surface area contributed by atoms with Gasteiger partial charge >= 0.3 is 0 Å². The van der Waals surface area contributed by atoms with E-state index in [1.807, 2.05) is 35.3 Å². The van der Waals surface area contributed by atoms with E-state index in [0.29, 0.717) is 0 Å². The Kier molecular flexibility index (Phi) is 4.47. The highest BCUT2D eigenvalue weighted by Gasteiger charge is 2.18. The number of allylic oxidation sites excluding steroid dienone is 2. The van der Waals surface area contributed by atoms with Gasteiger partial charge in [-0.3, -0.25) is 4.79 Å². The minimum atomic E-state index is 0.0993. The quantitative estimate of drug-likeness (QED) is 0.635. The van der Waals surface area contributed by atoms with Gasteiger partial charge in [-0.1, -0.05) is 31.2 Å². The number of piperidine rings is 1. The molecule has 0 saturated carbocycles. The Morgan fingerprint density at radius 1 is 1.18 bits per heavy atom. The van der Waals surface area contributed by atoms with Gasteiger partial charge in [-0.25, -0.2) is 0 Å². The van der Waals surface area contributed by atoms with Crippen LogP contribution in [0.15, 0.2) is 36.4 Å². The van der Waals surface area contributed by atoms with E-state index in [0.717, 1.165) is 48.9 Å². The van der Waals surface area contributed by atoms with E-state index in [2.05, 4.69) is 6.92 Å². The van der Waals surface area contributed by atoms with Crippen molar-refractivity contribution in [3.63, 3.8) is 0 Å². The van der Waals surface area contributed by atoms with Gasteiger partial charge in [0.2, 0.25) is 12.7 Å². The van der Waals surface area contributed by atoms with Gasteiger partial charge in [0, 0.05) is 19.2 Å². The monoisotopic (exact) mass is 299 g/mol. The van der Waals surface area contributed by atoms with E-state index in [9.17, 15) is 4.79 Å². The second-order valence-electron chi connectivity index (χ2n) is 5.84. The number of amides is 1. The molecule has 0 bridgehead atoms. The molecule has 1 aromatic rings. The van der Waals surface area contributed by atoms with Crippen LogP contribution in [0.5, 0.6) is 11.5 Å². The molecule has 0 radical (unpaired) electrons. The highest BCUT2D eigenvalue weighted by Crippen LogP contribution is 2.32. The molecule has 0 atom stereocenters. The van der Waals surface area contributed by atoms with Crippen LogP contribution in [0.3, 0.4) is 0 Å². The SMILES string of the molecule is CC1CCN(C(=O)/C=C/C=C/c2ccc3c(c2)OCO3)CC1. The fraction of sp³-hybridized carbons (Fsp3) is 0.389. The van der Waals surface area contributed by atoms with Gasteiger partial charge in [-0.2, -0.15) is 0 Å². The summed E-state index contributed by atoms with van der Waals surface area (Å²) in [6.45, 7) is 4.27. The van der Waals surface area contributed by atoms with Crippen molar-refractivity contribution in [2.45, 2.75) is 19.8 Å². The predicted octanol–water partition coefficient (Wildman–Crippen LogP) is 3.24. The summed E-state index contributed by atoms with van der Waals surface area (Å²) in [5.41, 5.74) is 1.02. The number of rotatable bonds is 3. The number of carbonyl (C=O) groups is 1. The van der Waals surface area contributed by atoms with E-state index in [-0.39, 0.29) is 12.7 Å². The van der Waals surface area contributed by atoms with Crippen molar-refractivity contribution in [2.24, 2.45) is 5.92 Å². The lowest BCUT2D eigenvalue weighted by Gasteiger charge is -2.29. The number of benzene rings is 1. The fourth-order valence-electron chi connectivity index (χ4n) is 2.66. The van der Waals surface area contributed by atoms with Crippen LogP contribution in [0, 0.1) is 5.92 Å². The van der Waals surface area contributed by atoms with Crippen molar-refractivity contribution < 1.29 is 14.3 Å². The number of hydrogen-bond donors (Lipinski definition) is 0. The first-order valence-electron chi connectivity index (χ1n) is 7.76. The van der Waals surface area contributed by atoms with E-state index in [4.69, 9.17) is 9.47 Å². The zero-order valence-corrected chi connectivity index (χ0v) is 12.8. The summed E-state index contributed by atoms with van der Waals surface area (Å²) in [7, 11) is 0. The van der Waals surface area contributed by atoms with Gasteiger partial charge in [-0.15, -0.1) is 0 Å². The molecule has 2 heterocycles. The number of ether oxygens (including phenoxy) is 2. The lowest BCUT2D eigenvalue weighted by atomic mass is 9.99. The average Bonchev–Trinajstić information content (AvgIpc) is 2.99. The molecule has 1 saturated heterocycles. The molecule has 0 unspecified atom stereocenters. The zero-order valence-electron chi connectivity index (χ0n) is 12.8. The van der Waals surface area contributed by atoms with Crippen LogP contribution in [-0.4, -0.2) is 30.7 Å². The molecule has 3 rings (SSSR count). The Balaban J connectivity index is 1.54. The molecule has 0 aromatic heterocycles. The zero-order chi connectivity index (χ0) is 15.4. The molecule has 2 aliphatic heterocycles. The summed E-state index contributed by atoms with van der Waals surface area (Å²) in [4.78, 5) is 14.0. The van der Waals surface area contributed by atoms with Crippen molar-refractivity contribution in [3.8, 4) is 11.5 Å². The molecule has 1 fully saturated rings. The first-order valence-corrected chi connectivity index (χ1v) is 7.76. The number of hydrogen-bond acceptors (Lipinski definition) is 3. The first kappa shape index (κ1) is 14.7. The number of fused-ring (bicyclic) bond motifs is 1. The van der Waals surface area contributed by atoms with Crippen molar-refractivity contribution in [2.75, 3.05) is 19.9 Å². The summed E-state index contributed by atoms with van der Waals surface area (Å²) in [6.07, 6.45) is 9.47. The van der Waals surface area contributed by atoms with Crippen molar-refractivity contribution in [3.05, 3.63) is 42.0 Å². The maximum absolute atomic E-state index is 12.0.